The minimum atomic E-state index is -1.59. The van der Waals surface area contributed by atoms with Crippen molar-refractivity contribution in [1.29, 1.82) is 5.26 Å². The fraction of sp³-hybridized carbons (Fsp3) is 0.360. The summed E-state index contributed by atoms with van der Waals surface area (Å²) in [7, 11) is 1.21. The number of hydrogen-bond acceptors (Lipinski definition) is 4. The molecule has 0 aromatic heterocycles. The van der Waals surface area contributed by atoms with Crippen LogP contribution in [0.15, 0.2) is 36.4 Å². The molecule has 2 aromatic carbocycles. The third-order valence-corrected chi connectivity index (χ3v) is 5.53. The maximum atomic E-state index is 15.3. The molecule has 0 amide bonds. The highest BCUT2D eigenvalue weighted by molar-refractivity contribution is 5.86. The van der Waals surface area contributed by atoms with E-state index >= 15 is 8.78 Å². The van der Waals surface area contributed by atoms with E-state index in [1.54, 1.807) is 23.1 Å². The number of nitriles is 1. The summed E-state index contributed by atoms with van der Waals surface area (Å²) < 4.78 is 49.8. The van der Waals surface area contributed by atoms with Crippen LogP contribution < -0.4 is 0 Å². The number of methoxy groups -OCH3 is 1. The van der Waals surface area contributed by atoms with Gasteiger partial charge in [-0.15, -0.1) is 0 Å². The Hall–Kier alpha value is -3.11. The zero-order valence-electron chi connectivity index (χ0n) is 18.5. The third kappa shape index (κ3) is 5.03. The zero-order valence-corrected chi connectivity index (χ0v) is 18.5. The van der Waals surface area contributed by atoms with Crippen LogP contribution in [0.2, 0.25) is 0 Å². The molecule has 1 heterocycles. The summed E-state index contributed by atoms with van der Waals surface area (Å²) in [5.41, 5.74) is 0.285. The maximum Gasteiger partial charge on any atom is 0.330 e. The highest BCUT2D eigenvalue weighted by atomic mass is 19.1. The topological polar surface area (TPSA) is 53.3 Å². The van der Waals surface area contributed by atoms with Crippen molar-refractivity contribution in [2.45, 2.75) is 44.9 Å². The van der Waals surface area contributed by atoms with Gasteiger partial charge in [-0.25, -0.2) is 18.0 Å². The van der Waals surface area contributed by atoms with Gasteiger partial charge in [0.2, 0.25) is 0 Å². The molecular weight excluding hydrogens is 417 g/mol. The molecule has 2 atom stereocenters. The second-order valence-electron chi connectivity index (χ2n) is 8.63. The average molecular weight is 442 g/mol. The molecule has 0 unspecified atom stereocenters. The van der Waals surface area contributed by atoms with E-state index in [2.05, 4.69) is 10.8 Å². The van der Waals surface area contributed by atoms with Gasteiger partial charge < -0.3 is 4.74 Å². The van der Waals surface area contributed by atoms with Gasteiger partial charge in [0.15, 0.2) is 0 Å². The monoisotopic (exact) mass is 442 g/mol. The largest absolute Gasteiger partial charge is 0.466 e. The number of hydrogen-bond donors (Lipinski definition) is 0. The molecule has 0 bridgehead atoms. The van der Waals surface area contributed by atoms with Crippen molar-refractivity contribution in [2.24, 2.45) is 0 Å². The second kappa shape index (κ2) is 9.17. The third-order valence-electron chi connectivity index (χ3n) is 5.53. The number of alkyl halides is 1. The standard InChI is InChI=1S/C25H25F3N2O2/c1-15-9-18-10-17(13-29)5-7-19(18)24(30(15)14-25(2,3)28)23-20(26)11-16(12-21(23)27)6-8-22(31)32-4/h5-8,10-12,15,24H,9,14H2,1-4H3/b8-6+/t15-,24+/m1/s1. The minimum absolute atomic E-state index is 0.0266. The molecule has 1 aliphatic rings. The highest BCUT2D eigenvalue weighted by Crippen LogP contribution is 2.41. The Labute approximate surface area is 185 Å². The Bertz CT molecular complexity index is 1080. The van der Waals surface area contributed by atoms with Crippen LogP contribution in [-0.2, 0) is 16.0 Å². The summed E-state index contributed by atoms with van der Waals surface area (Å²) in [4.78, 5) is 13.1. The number of nitrogens with zero attached hydrogens (tertiary/aromatic N) is 2. The van der Waals surface area contributed by atoms with Crippen LogP contribution in [-0.4, -0.2) is 36.2 Å². The van der Waals surface area contributed by atoms with E-state index in [0.717, 1.165) is 23.8 Å². The lowest BCUT2D eigenvalue weighted by molar-refractivity contribution is -0.134. The van der Waals surface area contributed by atoms with E-state index in [-0.39, 0.29) is 23.7 Å². The minimum Gasteiger partial charge on any atom is -0.466 e. The van der Waals surface area contributed by atoms with Crippen LogP contribution >= 0.6 is 0 Å². The number of halogens is 3. The molecule has 0 saturated carbocycles. The van der Waals surface area contributed by atoms with Gasteiger partial charge in [0.25, 0.3) is 0 Å². The number of benzene rings is 2. The molecule has 0 spiro atoms. The summed E-state index contributed by atoms with van der Waals surface area (Å²) >= 11 is 0. The van der Waals surface area contributed by atoms with Crippen molar-refractivity contribution in [2.75, 3.05) is 13.7 Å². The van der Waals surface area contributed by atoms with E-state index < -0.39 is 29.3 Å². The molecule has 0 aliphatic carbocycles. The summed E-state index contributed by atoms with van der Waals surface area (Å²) in [5.74, 6) is -2.24. The van der Waals surface area contributed by atoms with Crippen molar-refractivity contribution in [3.8, 4) is 6.07 Å². The summed E-state index contributed by atoms with van der Waals surface area (Å²) in [6.45, 7) is 4.71. The van der Waals surface area contributed by atoms with E-state index in [0.29, 0.717) is 17.5 Å². The molecule has 0 radical (unpaired) electrons. The number of esters is 1. The Morgan fingerprint density at radius 3 is 2.50 bits per heavy atom. The molecule has 1 aliphatic heterocycles. The Morgan fingerprint density at radius 1 is 1.28 bits per heavy atom. The fourth-order valence-electron chi connectivity index (χ4n) is 4.18. The molecule has 32 heavy (non-hydrogen) atoms. The first kappa shape index (κ1) is 23.6. The summed E-state index contributed by atoms with van der Waals surface area (Å²) in [5, 5.41) is 9.25. The molecular formula is C25H25F3N2O2. The van der Waals surface area contributed by atoms with Gasteiger partial charge in [-0.1, -0.05) is 6.07 Å². The molecule has 168 valence electrons. The van der Waals surface area contributed by atoms with E-state index in [9.17, 15) is 14.4 Å². The van der Waals surface area contributed by atoms with Crippen LogP contribution in [0, 0.1) is 23.0 Å². The van der Waals surface area contributed by atoms with E-state index in [1.165, 1.54) is 27.0 Å². The van der Waals surface area contributed by atoms with Gasteiger partial charge in [-0.2, -0.15) is 5.26 Å². The zero-order chi connectivity index (χ0) is 23.6. The van der Waals surface area contributed by atoms with Gasteiger partial charge in [-0.05, 0) is 74.2 Å². The molecule has 0 saturated heterocycles. The van der Waals surface area contributed by atoms with Gasteiger partial charge in [-0.3, -0.25) is 4.90 Å². The van der Waals surface area contributed by atoms with Gasteiger partial charge >= 0.3 is 5.97 Å². The molecule has 7 heteroatoms. The smallest absolute Gasteiger partial charge is 0.330 e. The first-order chi connectivity index (χ1) is 15.0. The predicted octanol–water partition coefficient (Wildman–Crippen LogP) is 5.11. The van der Waals surface area contributed by atoms with Crippen LogP contribution in [0.1, 0.15) is 54.6 Å². The predicted molar refractivity (Wildman–Crippen MR) is 115 cm³/mol. The van der Waals surface area contributed by atoms with Crippen molar-refractivity contribution >= 4 is 12.0 Å². The lowest BCUT2D eigenvalue weighted by atomic mass is 9.83. The number of fused-ring (bicyclic) bond motifs is 1. The maximum absolute atomic E-state index is 15.3. The van der Waals surface area contributed by atoms with Crippen LogP contribution in [0.4, 0.5) is 13.2 Å². The molecule has 2 aromatic rings. The Morgan fingerprint density at radius 2 is 1.94 bits per heavy atom. The van der Waals surface area contributed by atoms with Crippen molar-refractivity contribution in [3.63, 3.8) is 0 Å². The van der Waals surface area contributed by atoms with Crippen molar-refractivity contribution in [3.05, 3.63) is 75.9 Å². The number of carbonyl (C=O) groups is 1. The summed E-state index contributed by atoms with van der Waals surface area (Å²) in [6, 6.07) is 8.29. The second-order valence-corrected chi connectivity index (χ2v) is 8.63. The molecule has 0 fully saturated rings. The number of carbonyl (C=O) groups excluding carboxylic acids is 1. The SMILES string of the molecule is COC(=O)/C=C/c1cc(F)c([C@@H]2c3ccc(C#N)cc3C[C@@H](C)N2CC(C)(C)F)c(F)c1. The van der Waals surface area contributed by atoms with Gasteiger partial charge in [0.05, 0.1) is 24.8 Å². The van der Waals surface area contributed by atoms with Gasteiger partial charge in [0.1, 0.15) is 17.3 Å². The Kier molecular flexibility index (Phi) is 6.75. The van der Waals surface area contributed by atoms with Crippen LogP contribution in [0.3, 0.4) is 0 Å². The average Bonchev–Trinajstić information content (AvgIpc) is 2.72. The quantitative estimate of drug-likeness (QED) is 0.477. The molecule has 4 nitrogen and oxygen atoms in total. The Balaban J connectivity index is 2.16. The first-order valence-electron chi connectivity index (χ1n) is 10.3. The lowest BCUT2D eigenvalue weighted by Gasteiger charge is -2.44. The first-order valence-corrected chi connectivity index (χ1v) is 10.3. The van der Waals surface area contributed by atoms with E-state index in [4.69, 9.17) is 0 Å². The highest BCUT2D eigenvalue weighted by Gasteiger charge is 2.39. The van der Waals surface area contributed by atoms with Crippen LogP contribution in [0.5, 0.6) is 0 Å². The summed E-state index contributed by atoms with van der Waals surface area (Å²) in [6.07, 6.45) is 2.87. The van der Waals surface area contributed by atoms with E-state index in [1.807, 2.05) is 6.92 Å². The fourth-order valence-corrected chi connectivity index (χ4v) is 4.18. The van der Waals surface area contributed by atoms with Gasteiger partial charge in [0, 0.05) is 24.2 Å². The number of rotatable bonds is 5. The molecule has 0 N–H and O–H groups in total. The molecule has 3 rings (SSSR count). The van der Waals surface area contributed by atoms with Crippen molar-refractivity contribution in [1.82, 2.24) is 4.90 Å². The van der Waals surface area contributed by atoms with Crippen molar-refractivity contribution < 1.29 is 22.7 Å². The number of ether oxygens (including phenoxy) is 1. The normalized spacial score (nSPS) is 18.9. The lowest BCUT2D eigenvalue weighted by Crippen LogP contribution is -2.48. The van der Waals surface area contributed by atoms with Crippen LogP contribution in [0.25, 0.3) is 6.08 Å².